The Morgan fingerprint density at radius 1 is 0.636 bits per heavy atom. The van der Waals surface area contributed by atoms with Gasteiger partial charge in [0, 0.05) is 5.41 Å². The molecule has 3 aromatic carbocycles. The summed E-state index contributed by atoms with van der Waals surface area (Å²) >= 11 is 0. The SMILES string of the molecule is Cc1c(-c2ccccc2)ccc2c1C(C)(C)c1ccccc1-2. The maximum atomic E-state index is 2.35. The summed E-state index contributed by atoms with van der Waals surface area (Å²) in [5, 5.41) is 0. The monoisotopic (exact) mass is 284 g/mol. The fourth-order valence-corrected chi connectivity index (χ4v) is 4.07. The van der Waals surface area contributed by atoms with Crippen LogP contribution in [0.5, 0.6) is 0 Å². The van der Waals surface area contributed by atoms with E-state index in [1.807, 2.05) is 0 Å². The molecule has 0 amide bonds. The summed E-state index contributed by atoms with van der Waals surface area (Å²) in [4.78, 5) is 0. The van der Waals surface area contributed by atoms with Gasteiger partial charge in [0.1, 0.15) is 0 Å². The molecule has 1 aliphatic rings. The number of hydrogen-bond donors (Lipinski definition) is 0. The Labute approximate surface area is 132 Å². The summed E-state index contributed by atoms with van der Waals surface area (Å²) in [7, 11) is 0. The van der Waals surface area contributed by atoms with Crippen molar-refractivity contribution in [1.29, 1.82) is 0 Å². The van der Waals surface area contributed by atoms with Crippen molar-refractivity contribution < 1.29 is 0 Å². The first-order valence-electron chi connectivity index (χ1n) is 7.90. The van der Waals surface area contributed by atoms with Crippen LogP contribution in [0.1, 0.15) is 30.5 Å². The molecule has 0 unspecified atom stereocenters. The van der Waals surface area contributed by atoms with Crippen molar-refractivity contribution in [2.24, 2.45) is 0 Å². The van der Waals surface area contributed by atoms with E-state index in [1.54, 1.807) is 0 Å². The van der Waals surface area contributed by atoms with Gasteiger partial charge in [0.15, 0.2) is 0 Å². The topological polar surface area (TPSA) is 0 Å². The zero-order valence-corrected chi connectivity index (χ0v) is 13.4. The summed E-state index contributed by atoms with van der Waals surface area (Å²) < 4.78 is 0. The van der Waals surface area contributed by atoms with Crippen molar-refractivity contribution >= 4 is 0 Å². The number of rotatable bonds is 1. The van der Waals surface area contributed by atoms with E-state index in [1.165, 1.54) is 38.9 Å². The third-order valence-corrected chi connectivity index (χ3v) is 5.07. The molecule has 0 saturated carbocycles. The van der Waals surface area contributed by atoms with Crippen molar-refractivity contribution in [2.75, 3.05) is 0 Å². The molecule has 0 bridgehead atoms. The maximum absolute atomic E-state index is 2.35. The molecule has 108 valence electrons. The summed E-state index contributed by atoms with van der Waals surface area (Å²) in [6.45, 7) is 6.97. The van der Waals surface area contributed by atoms with Crippen LogP contribution in [-0.2, 0) is 5.41 Å². The van der Waals surface area contributed by atoms with Gasteiger partial charge in [0.05, 0.1) is 0 Å². The highest BCUT2D eigenvalue weighted by atomic mass is 14.4. The summed E-state index contributed by atoms with van der Waals surface area (Å²) in [6.07, 6.45) is 0. The Hall–Kier alpha value is -2.34. The van der Waals surface area contributed by atoms with Gasteiger partial charge >= 0.3 is 0 Å². The molecule has 0 saturated heterocycles. The molecule has 0 N–H and O–H groups in total. The van der Waals surface area contributed by atoms with E-state index >= 15 is 0 Å². The average molecular weight is 284 g/mol. The first kappa shape index (κ1) is 13.3. The molecule has 0 heteroatoms. The molecular weight excluding hydrogens is 264 g/mol. The Balaban J connectivity index is 2.01. The highest BCUT2D eigenvalue weighted by molar-refractivity contribution is 5.85. The lowest BCUT2D eigenvalue weighted by Gasteiger charge is -2.24. The minimum Gasteiger partial charge on any atom is -0.0622 e. The van der Waals surface area contributed by atoms with Crippen LogP contribution in [-0.4, -0.2) is 0 Å². The molecule has 1 aliphatic carbocycles. The van der Waals surface area contributed by atoms with Crippen LogP contribution < -0.4 is 0 Å². The number of hydrogen-bond acceptors (Lipinski definition) is 0. The largest absolute Gasteiger partial charge is 0.0622 e. The van der Waals surface area contributed by atoms with Crippen molar-refractivity contribution in [1.82, 2.24) is 0 Å². The zero-order chi connectivity index (χ0) is 15.3. The molecule has 0 radical (unpaired) electrons. The van der Waals surface area contributed by atoms with Gasteiger partial charge in [-0.15, -0.1) is 0 Å². The molecule has 3 aromatic rings. The van der Waals surface area contributed by atoms with E-state index in [0.29, 0.717) is 0 Å². The minimum atomic E-state index is 0.0702. The van der Waals surface area contributed by atoms with E-state index in [0.717, 1.165) is 0 Å². The Morgan fingerprint density at radius 3 is 2.05 bits per heavy atom. The fraction of sp³-hybridized carbons (Fsp3) is 0.182. The van der Waals surface area contributed by atoms with Crippen LogP contribution in [0.25, 0.3) is 22.3 Å². The second kappa shape index (κ2) is 4.58. The smallest absolute Gasteiger partial charge is 0.0161 e. The fourth-order valence-electron chi connectivity index (χ4n) is 4.07. The Kier molecular flexibility index (Phi) is 2.77. The van der Waals surface area contributed by atoms with E-state index in [4.69, 9.17) is 0 Å². The second-order valence-electron chi connectivity index (χ2n) is 6.70. The summed E-state index contributed by atoms with van der Waals surface area (Å²) in [5.41, 5.74) is 9.84. The normalized spacial score (nSPS) is 14.5. The van der Waals surface area contributed by atoms with Crippen LogP contribution >= 0.6 is 0 Å². The lowest BCUT2D eigenvalue weighted by Crippen LogP contribution is -2.16. The Bertz CT molecular complexity index is 854. The standard InChI is InChI=1S/C22H20/c1-15-17(16-9-5-4-6-10-16)13-14-19-18-11-7-8-12-20(18)22(2,3)21(15)19/h4-14H,1-3H3. The molecule has 0 spiro atoms. The first-order valence-corrected chi connectivity index (χ1v) is 7.90. The molecule has 22 heavy (non-hydrogen) atoms. The van der Waals surface area contributed by atoms with E-state index in [9.17, 15) is 0 Å². The lowest BCUT2D eigenvalue weighted by atomic mass is 9.79. The molecular formula is C22H20. The molecule has 0 nitrogen and oxygen atoms in total. The van der Waals surface area contributed by atoms with Crippen LogP contribution in [0.3, 0.4) is 0 Å². The number of benzene rings is 3. The van der Waals surface area contributed by atoms with Crippen LogP contribution in [0.4, 0.5) is 0 Å². The van der Waals surface area contributed by atoms with Crippen molar-refractivity contribution in [2.45, 2.75) is 26.2 Å². The minimum absolute atomic E-state index is 0.0702. The van der Waals surface area contributed by atoms with Crippen molar-refractivity contribution in [3.8, 4) is 22.3 Å². The van der Waals surface area contributed by atoms with Crippen LogP contribution in [0.2, 0.25) is 0 Å². The molecule has 0 aliphatic heterocycles. The summed E-state index contributed by atoms with van der Waals surface area (Å²) in [5.74, 6) is 0. The van der Waals surface area contributed by atoms with Crippen LogP contribution in [0, 0.1) is 6.92 Å². The quantitative estimate of drug-likeness (QED) is 0.516. The predicted octanol–water partition coefficient (Wildman–Crippen LogP) is 5.97. The van der Waals surface area contributed by atoms with Gasteiger partial charge in [0.2, 0.25) is 0 Å². The molecule has 0 atom stereocenters. The predicted molar refractivity (Wildman–Crippen MR) is 94.2 cm³/mol. The maximum Gasteiger partial charge on any atom is 0.0161 e. The highest BCUT2D eigenvalue weighted by Gasteiger charge is 2.36. The average Bonchev–Trinajstić information content (AvgIpc) is 2.78. The van der Waals surface area contributed by atoms with Gasteiger partial charge < -0.3 is 0 Å². The van der Waals surface area contributed by atoms with Gasteiger partial charge in [-0.05, 0) is 45.9 Å². The Morgan fingerprint density at radius 2 is 1.27 bits per heavy atom. The molecule has 0 aromatic heterocycles. The third-order valence-electron chi connectivity index (χ3n) is 5.07. The van der Waals surface area contributed by atoms with Gasteiger partial charge in [-0.3, -0.25) is 0 Å². The highest BCUT2D eigenvalue weighted by Crippen LogP contribution is 2.51. The van der Waals surface area contributed by atoms with Gasteiger partial charge in [-0.25, -0.2) is 0 Å². The van der Waals surface area contributed by atoms with Crippen molar-refractivity contribution in [3.63, 3.8) is 0 Å². The molecule has 0 heterocycles. The van der Waals surface area contributed by atoms with Crippen molar-refractivity contribution in [3.05, 3.63) is 83.4 Å². The van der Waals surface area contributed by atoms with Crippen LogP contribution in [0.15, 0.2) is 66.7 Å². The zero-order valence-electron chi connectivity index (χ0n) is 13.4. The lowest BCUT2D eigenvalue weighted by molar-refractivity contribution is 0.656. The molecule has 4 rings (SSSR count). The van der Waals surface area contributed by atoms with Gasteiger partial charge in [0.25, 0.3) is 0 Å². The molecule has 0 fully saturated rings. The first-order chi connectivity index (χ1) is 10.6. The van der Waals surface area contributed by atoms with Gasteiger partial charge in [-0.1, -0.05) is 80.6 Å². The van der Waals surface area contributed by atoms with E-state index in [-0.39, 0.29) is 5.41 Å². The van der Waals surface area contributed by atoms with Gasteiger partial charge in [-0.2, -0.15) is 0 Å². The third kappa shape index (κ3) is 1.70. The summed E-state index contributed by atoms with van der Waals surface area (Å²) in [6, 6.07) is 24.1. The van der Waals surface area contributed by atoms with E-state index < -0.39 is 0 Å². The number of fused-ring (bicyclic) bond motifs is 3. The van der Waals surface area contributed by atoms with E-state index in [2.05, 4.69) is 87.5 Å². The second-order valence-corrected chi connectivity index (χ2v) is 6.70.